The summed E-state index contributed by atoms with van der Waals surface area (Å²) in [5.41, 5.74) is 3.82. The first-order chi connectivity index (χ1) is 15.0. The molecule has 0 spiro atoms. The second-order valence-corrected chi connectivity index (χ2v) is 8.95. The molecule has 2 rings (SSSR count). The van der Waals surface area contributed by atoms with E-state index in [4.69, 9.17) is 23.2 Å². The van der Waals surface area contributed by atoms with Crippen LogP contribution in [0, 0.1) is 6.92 Å². The number of allylic oxidation sites excluding steroid dienone is 1. The zero-order valence-corrected chi connectivity index (χ0v) is 21.4. The van der Waals surface area contributed by atoms with Gasteiger partial charge in [0.1, 0.15) is 10.3 Å². The molecule has 0 radical (unpaired) electrons. The highest BCUT2D eigenvalue weighted by Crippen LogP contribution is 2.30. The van der Waals surface area contributed by atoms with Gasteiger partial charge in [-0.1, -0.05) is 112 Å². The Kier molecular flexibility index (Phi) is 14.5. The van der Waals surface area contributed by atoms with Crippen molar-refractivity contribution in [2.24, 2.45) is 0 Å². The second-order valence-electron chi connectivity index (χ2n) is 8.23. The monoisotopic (exact) mass is 464 g/mol. The van der Waals surface area contributed by atoms with E-state index in [0.29, 0.717) is 10.3 Å². The van der Waals surface area contributed by atoms with Gasteiger partial charge < -0.3 is 9.80 Å². The van der Waals surface area contributed by atoms with Crippen LogP contribution in [0.2, 0.25) is 0 Å². The van der Waals surface area contributed by atoms with E-state index in [1.165, 1.54) is 68.1 Å². The lowest BCUT2D eigenvalue weighted by molar-refractivity contribution is 0.256. The molecule has 4 heteroatoms. The van der Waals surface area contributed by atoms with Crippen LogP contribution < -0.4 is 0 Å². The van der Waals surface area contributed by atoms with Crippen molar-refractivity contribution >= 4 is 29.3 Å². The molecule has 1 heterocycles. The lowest BCUT2D eigenvalue weighted by atomic mass is 9.99. The van der Waals surface area contributed by atoms with Gasteiger partial charge in [0, 0.05) is 13.1 Å². The number of rotatable bonds is 13. The van der Waals surface area contributed by atoms with Gasteiger partial charge in [0.05, 0.1) is 6.67 Å². The molecular formula is C27H42Cl2N2. The first-order valence-electron chi connectivity index (χ1n) is 11.8. The molecule has 0 bridgehead atoms. The Bertz CT molecular complexity index is 696. The fourth-order valence-electron chi connectivity index (χ4n) is 3.87. The van der Waals surface area contributed by atoms with Crippen molar-refractivity contribution in [1.29, 1.82) is 0 Å². The maximum atomic E-state index is 6.52. The summed E-state index contributed by atoms with van der Waals surface area (Å²) in [5, 5.41) is 1.40. The Balaban J connectivity index is 0.00000151. The quantitative estimate of drug-likeness (QED) is 0.163. The molecule has 174 valence electrons. The number of nitrogens with zero attached hydrogens (tertiary/aromatic N) is 2. The van der Waals surface area contributed by atoms with E-state index in [0.717, 1.165) is 26.2 Å². The number of hydrogen-bond acceptors (Lipinski definition) is 2. The van der Waals surface area contributed by atoms with Crippen molar-refractivity contribution < 1.29 is 0 Å². The third kappa shape index (κ3) is 9.74. The number of unbranched alkanes of at least 4 members (excludes halogenated alkanes) is 7. The Labute approximate surface area is 201 Å². The van der Waals surface area contributed by atoms with E-state index in [1.807, 2.05) is 13.0 Å². The Morgan fingerprint density at radius 1 is 0.903 bits per heavy atom. The minimum absolute atomic E-state index is 0.689. The van der Waals surface area contributed by atoms with Gasteiger partial charge in [-0.05, 0) is 43.4 Å². The highest BCUT2D eigenvalue weighted by atomic mass is 35.5. The van der Waals surface area contributed by atoms with Crippen molar-refractivity contribution in [3.63, 3.8) is 0 Å². The van der Waals surface area contributed by atoms with Crippen molar-refractivity contribution in [2.75, 3.05) is 19.8 Å². The predicted octanol–water partition coefficient (Wildman–Crippen LogP) is 8.69. The van der Waals surface area contributed by atoms with Crippen molar-refractivity contribution in [2.45, 2.75) is 78.6 Å². The molecule has 0 aromatic heterocycles. The average molecular weight is 466 g/mol. The Morgan fingerprint density at radius 3 is 2.03 bits per heavy atom. The normalized spacial score (nSPS) is 13.3. The molecule has 31 heavy (non-hydrogen) atoms. The molecule has 0 saturated carbocycles. The zero-order chi connectivity index (χ0) is 23.1. The smallest absolute Gasteiger partial charge is 0.141 e. The number of aryl methyl sites for hydroxylation is 1. The summed E-state index contributed by atoms with van der Waals surface area (Å²) in [6.45, 7) is 16.3. The SMILES string of the molecule is C=CC.C=Cc1c(C)cccc1CCN1CN(CCCCCCCCCC)C(Cl)=C1Cl. The van der Waals surface area contributed by atoms with Gasteiger partial charge in [0.25, 0.3) is 0 Å². The summed E-state index contributed by atoms with van der Waals surface area (Å²) >= 11 is 13.0. The van der Waals surface area contributed by atoms with Gasteiger partial charge in [0.15, 0.2) is 0 Å². The van der Waals surface area contributed by atoms with E-state index < -0.39 is 0 Å². The van der Waals surface area contributed by atoms with Crippen LogP contribution in [-0.2, 0) is 6.42 Å². The van der Waals surface area contributed by atoms with Gasteiger partial charge in [-0.15, -0.1) is 6.58 Å². The molecule has 1 aromatic rings. The van der Waals surface area contributed by atoms with Gasteiger partial charge in [-0.25, -0.2) is 0 Å². The second kappa shape index (κ2) is 16.3. The average Bonchev–Trinajstić information content (AvgIpc) is 3.02. The summed E-state index contributed by atoms with van der Waals surface area (Å²) in [5.74, 6) is 0. The van der Waals surface area contributed by atoms with E-state index in [9.17, 15) is 0 Å². The summed E-state index contributed by atoms with van der Waals surface area (Å²) in [6.07, 6.45) is 15.2. The molecule has 2 nitrogen and oxygen atoms in total. The fourth-order valence-corrected chi connectivity index (χ4v) is 4.39. The van der Waals surface area contributed by atoms with E-state index in [1.54, 1.807) is 6.08 Å². The molecule has 0 fully saturated rings. The van der Waals surface area contributed by atoms with Crippen LogP contribution in [0.25, 0.3) is 6.08 Å². The molecule has 0 N–H and O–H groups in total. The molecule has 0 saturated heterocycles. The summed E-state index contributed by atoms with van der Waals surface area (Å²) in [7, 11) is 0. The number of benzene rings is 1. The third-order valence-electron chi connectivity index (χ3n) is 5.62. The molecule has 0 amide bonds. The van der Waals surface area contributed by atoms with E-state index in [-0.39, 0.29) is 0 Å². The van der Waals surface area contributed by atoms with Crippen LogP contribution in [-0.4, -0.2) is 29.6 Å². The van der Waals surface area contributed by atoms with Gasteiger partial charge in [0.2, 0.25) is 0 Å². The third-order valence-corrected chi connectivity index (χ3v) is 6.55. The van der Waals surface area contributed by atoms with Crippen LogP contribution in [0.4, 0.5) is 0 Å². The number of hydrogen-bond donors (Lipinski definition) is 0. The van der Waals surface area contributed by atoms with Crippen molar-refractivity contribution in [3.8, 4) is 0 Å². The number of halogens is 2. The van der Waals surface area contributed by atoms with Crippen LogP contribution in [0.5, 0.6) is 0 Å². The largest absolute Gasteiger partial charge is 0.342 e. The van der Waals surface area contributed by atoms with E-state index in [2.05, 4.69) is 55.0 Å². The van der Waals surface area contributed by atoms with Crippen LogP contribution in [0.3, 0.4) is 0 Å². The van der Waals surface area contributed by atoms with Crippen molar-refractivity contribution in [3.05, 3.63) is 64.4 Å². The Morgan fingerprint density at radius 2 is 1.45 bits per heavy atom. The van der Waals surface area contributed by atoms with Crippen LogP contribution in [0.1, 0.15) is 81.9 Å². The molecule has 0 unspecified atom stereocenters. The molecule has 1 aromatic carbocycles. The summed E-state index contributed by atoms with van der Waals surface area (Å²) < 4.78 is 0. The molecule has 1 aliphatic rings. The highest BCUT2D eigenvalue weighted by molar-refractivity contribution is 6.38. The molecule has 1 aliphatic heterocycles. The van der Waals surface area contributed by atoms with Crippen molar-refractivity contribution in [1.82, 2.24) is 9.80 Å². The molecule has 0 aliphatic carbocycles. The summed E-state index contributed by atoms with van der Waals surface area (Å²) in [6, 6.07) is 6.42. The zero-order valence-electron chi connectivity index (χ0n) is 19.9. The molecular weight excluding hydrogens is 423 g/mol. The van der Waals surface area contributed by atoms with Crippen LogP contribution >= 0.6 is 23.2 Å². The first-order valence-corrected chi connectivity index (χ1v) is 12.6. The van der Waals surface area contributed by atoms with Crippen LogP contribution in [0.15, 0.2) is 47.7 Å². The summed E-state index contributed by atoms with van der Waals surface area (Å²) in [4.78, 5) is 4.40. The molecule has 0 atom stereocenters. The minimum atomic E-state index is 0.689. The minimum Gasteiger partial charge on any atom is -0.342 e. The Hall–Kier alpha value is -1.38. The van der Waals surface area contributed by atoms with Gasteiger partial charge in [-0.3, -0.25) is 0 Å². The highest BCUT2D eigenvalue weighted by Gasteiger charge is 2.26. The first kappa shape index (κ1) is 27.7. The lowest BCUT2D eigenvalue weighted by Gasteiger charge is -2.23. The maximum Gasteiger partial charge on any atom is 0.141 e. The fraction of sp³-hybridized carbons (Fsp3) is 0.556. The van der Waals surface area contributed by atoms with Gasteiger partial charge >= 0.3 is 0 Å². The maximum absolute atomic E-state index is 6.52. The lowest BCUT2D eigenvalue weighted by Crippen LogP contribution is -2.29. The topological polar surface area (TPSA) is 6.48 Å². The predicted molar refractivity (Wildman–Crippen MR) is 140 cm³/mol. The van der Waals surface area contributed by atoms with E-state index >= 15 is 0 Å². The van der Waals surface area contributed by atoms with Gasteiger partial charge in [-0.2, -0.15) is 0 Å². The standard InChI is InChI=1S/C24H36Cl2N2.C3H6/c1-4-6-7-8-9-10-11-12-17-27-19-28(24(26)23(27)25)18-16-21-15-13-14-20(3)22(21)5-2;1-3-2/h5,13-15H,2,4,6-12,16-19H2,1,3H3;3H,1H2,2H3.